The van der Waals surface area contributed by atoms with Crippen LogP contribution in [-0.2, 0) is 0 Å². The van der Waals surface area contributed by atoms with Crippen LogP contribution in [0.1, 0.15) is 74.1 Å². The summed E-state index contributed by atoms with van der Waals surface area (Å²) in [7, 11) is 2.16. The summed E-state index contributed by atoms with van der Waals surface area (Å²) in [5.74, 6) is -0.107. The molecule has 1 N–H and O–H groups in total. The Morgan fingerprint density at radius 2 is 1.36 bits per heavy atom. The van der Waals surface area contributed by atoms with Gasteiger partial charge in [0.1, 0.15) is 39.5 Å². The smallest absolute Gasteiger partial charge is 0.257 e. The molecule has 0 radical (unpaired) electrons. The van der Waals surface area contributed by atoms with E-state index in [2.05, 4.69) is 81.5 Å². The van der Waals surface area contributed by atoms with E-state index in [0.717, 1.165) is 109 Å². The molecule has 0 aliphatic carbocycles. The number of hydrogen-bond acceptors (Lipinski definition) is 11. The molecule has 2 atom stereocenters. The minimum absolute atomic E-state index is 0.0890. The molecule has 67 heavy (non-hydrogen) atoms. The average Bonchev–Trinajstić information content (AvgIpc) is 4.14. The highest BCUT2D eigenvalue weighted by atomic mass is 32.2. The molecule has 0 amide bonds. The molecule has 10 heterocycles. The fourth-order valence-electron chi connectivity index (χ4n) is 9.87. The zero-order valence-corrected chi connectivity index (χ0v) is 39.5. The SMILES string of the molecule is Cc1c(-c2cc(Sc3ncc(-[n+]4cc(C#N)c5c(Sc6ncccc6F)cc(-c6cnn([C@H](C)C7CCN(C)CC7)c6C)cn54)cc3F)c3c(C#N)cnn3c2)cnn1[C@H](C)C1CCNCC1. The first-order chi connectivity index (χ1) is 32.5. The number of nitrogens with zero attached hydrogens (tertiary/aromatic N) is 13. The first kappa shape index (κ1) is 44.4. The molecule has 2 fully saturated rings. The number of hydrogen-bond donors (Lipinski definition) is 1. The second-order valence-corrected chi connectivity index (χ2v) is 19.8. The van der Waals surface area contributed by atoms with Gasteiger partial charge in [0.15, 0.2) is 11.6 Å². The van der Waals surface area contributed by atoms with Gasteiger partial charge < -0.3 is 10.2 Å². The number of nitriles is 2. The molecular weight excluding hydrogens is 887 g/mol. The highest BCUT2D eigenvalue weighted by Gasteiger charge is 2.30. The lowest BCUT2D eigenvalue weighted by atomic mass is 9.90. The van der Waals surface area contributed by atoms with E-state index in [9.17, 15) is 10.5 Å². The molecule has 8 aromatic heterocycles. The van der Waals surface area contributed by atoms with Crippen molar-refractivity contribution < 1.29 is 13.5 Å². The quantitative estimate of drug-likeness (QED) is 0.124. The van der Waals surface area contributed by atoms with Crippen LogP contribution in [0.5, 0.6) is 0 Å². The third kappa shape index (κ3) is 8.26. The van der Waals surface area contributed by atoms with Gasteiger partial charge in [0, 0.05) is 55.8 Å². The maximum absolute atomic E-state index is 16.7. The van der Waals surface area contributed by atoms with Gasteiger partial charge in [0.25, 0.3) is 5.69 Å². The molecule has 2 saturated heterocycles. The summed E-state index contributed by atoms with van der Waals surface area (Å²) in [6, 6.07) is 13.1. The van der Waals surface area contributed by atoms with Gasteiger partial charge >= 0.3 is 0 Å². The van der Waals surface area contributed by atoms with Crippen molar-refractivity contribution in [2.75, 3.05) is 33.2 Å². The normalized spacial score (nSPS) is 16.1. The zero-order valence-electron chi connectivity index (χ0n) is 37.9. The van der Waals surface area contributed by atoms with Crippen molar-refractivity contribution in [1.82, 2.24) is 53.9 Å². The van der Waals surface area contributed by atoms with Crippen LogP contribution in [0, 0.1) is 60.0 Å². The first-order valence-electron chi connectivity index (χ1n) is 22.5. The molecule has 0 spiro atoms. The van der Waals surface area contributed by atoms with Crippen LogP contribution in [-0.4, -0.2) is 81.8 Å². The molecule has 8 aromatic rings. The Morgan fingerprint density at radius 1 is 0.746 bits per heavy atom. The van der Waals surface area contributed by atoms with Crippen LogP contribution in [0.15, 0.2) is 99.7 Å². The van der Waals surface area contributed by atoms with Gasteiger partial charge in [-0.15, -0.1) is 4.52 Å². The van der Waals surface area contributed by atoms with E-state index in [1.54, 1.807) is 26.1 Å². The summed E-state index contributed by atoms with van der Waals surface area (Å²) in [5, 5.41) is 38.6. The average molecular weight is 936 g/mol. The number of pyridine rings is 4. The van der Waals surface area contributed by atoms with E-state index >= 15 is 8.78 Å². The molecule has 2 aliphatic rings. The zero-order chi connectivity index (χ0) is 46.5. The van der Waals surface area contributed by atoms with Crippen LogP contribution in [0.3, 0.4) is 0 Å². The Balaban J connectivity index is 1.03. The Kier molecular flexibility index (Phi) is 12.1. The van der Waals surface area contributed by atoms with Gasteiger partial charge in [-0.2, -0.15) is 25.8 Å². The van der Waals surface area contributed by atoms with Gasteiger partial charge in [-0.3, -0.25) is 9.36 Å². The van der Waals surface area contributed by atoms with E-state index in [-0.39, 0.29) is 22.1 Å². The second-order valence-electron chi connectivity index (χ2n) is 17.7. The minimum atomic E-state index is -0.605. The number of rotatable bonds is 11. The van der Waals surface area contributed by atoms with Crippen molar-refractivity contribution >= 4 is 34.6 Å². The first-order valence-corrected chi connectivity index (χ1v) is 24.2. The van der Waals surface area contributed by atoms with Crippen LogP contribution < -0.4 is 10.00 Å². The number of fused-ring (bicyclic) bond motifs is 2. The van der Waals surface area contributed by atoms with Gasteiger partial charge in [0.05, 0.1) is 54.0 Å². The van der Waals surface area contributed by atoms with Crippen LogP contribution in [0.4, 0.5) is 8.78 Å². The molecule has 0 unspecified atom stereocenters. The monoisotopic (exact) mass is 935 g/mol. The molecule has 340 valence electrons. The molecule has 18 heteroatoms. The Hall–Kier alpha value is -6.44. The number of aromatic nitrogens is 10. The number of nitrogens with one attached hydrogen (secondary N) is 1. The molecule has 0 aromatic carbocycles. The summed E-state index contributed by atoms with van der Waals surface area (Å²) in [6.45, 7) is 12.6. The number of piperidine rings is 2. The summed E-state index contributed by atoms with van der Waals surface area (Å²) < 4.78 is 41.2. The topological polar surface area (TPSA) is 150 Å². The maximum Gasteiger partial charge on any atom is 0.257 e. The van der Waals surface area contributed by atoms with Crippen molar-refractivity contribution in [3.05, 3.63) is 114 Å². The van der Waals surface area contributed by atoms with Gasteiger partial charge in [-0.1, -0.05) is 28.2 Å². The minimum Gasteiger partial charge on any atom is -0.317 e. The van der Waals surface area contributed by atoms with Crippen molar-refractivity contribution in [3.8, 4) is 40.1 Å². The summed E-state index contributed by atoms with van der Waals surface area (Å²) in [6.07, 6.45) is 18.1. The molecule has 0 saturated carbocycles. The van der Waals surface area contributed by atoms with E-state index in [1.165, 1.54) is 30.6 Å². The van der Waals surface area contributed by atoms with Crippen molar-refractivity contribution in [3.63, 3.8) is 0 Å². The van der Waals surface area contributed by atoms with E-state index < -0.39 is 11.6 Å². The Bertz CT molecular complexity index is 3250. The van der Waals surface area contributed by atoms with Gasteiger partial charge in [-0.05, 0) is 123 Å². The Labute approximate surface area is 395 Å². The predicted molar refractivity (Wildman–Crippen MR) is 251 cm³/mol. The van der Waals surface area contributed by atoms with E-state index in [4.69, 9.17) is 10.2 Å². The second kappa shape index (κ2) is 18.3. The van der Waals surface area contributed by atoms with E-state index in [1.807, 2.05) is 36.9 Å². The predicted octanol–water partition coefficient (Wildman–Crippen LogP) is 8.78. The number of halogens is 2. The summed E-state index contributed by atoms with van der Waals surface area (Å²) >= 11 is 2.23. The third-order valence-electron chi connectivity index (χ3n) is 13.8. The molecule has 14 nitrogen and oxygen atoms in total. The Morgan fingerprint density at radius 3 is 1.99 bits per heavy atom. The lowest BCUT2D eigenvalue weighted by Crippen LogP contribution is -2.36. The van der Waals surface area contributed by atoms with Crippen LogP contribution >= 0.6 is 23.5 Å². The lowest BCUT2D eigenvalue weighted by Gasteiger charge is -2.33. The highest BCUT2D eigenvalue weighted by molar-refractivity contribution is 7.99. The number of likely N-dealkylation sites (tertiary alicyclic amines) is 1. The fraction of sp³-hybridized carbons (Fsp3) is 0.347. The lowest BCUT2D eigenvalue weighted by molar-refractivity contribution is -0.667. The van der Waals surface area contributed by atoms with Crippen LogP contribution in [0.25, 0.3) is 39.0 Å². The molecule has 2 aliphatic heterocycles. The van der Waals surface area contributed by atoms with Crippen LogP contribution in [0.2, 0.25) is 0 Å². The van der Waals surface area contributed by atoms with Crippen molar-refractivity contribution in [1.29, 1.82) is 10.5 Å². The molecular formula is C49H49F2N14S2+. The largest absolute Gasteiger partial charge is 0.317 e. The van der Waals surface area contributed by atoms with Crippen molar-refractivity contribution in [2.24, 2.45) is 11.8 Å². The fourth-order valence-corrected chi connectivity index (χ4v) is 11.8. The van der Waals surface area contributed by atoms with Crippen molar-refractivity contribution in [2.45, 2.75) is 85.3 Å². The van der Waals surface area contributed by atoms with Gasteiger partial charge in [-0.25, -0.2) is 23.3 Å². The highest BCUT2D eigenvalue weighted by Crippen LogP contribution is 2.40. The summed E-state index contributed by atoms with van der Waals surface area (Å²) in [4.78, 5) is 12.5. The van der Waals surface area contributed by atoms with E-state index in [0.29, 0.717) is 49.5 Å². The molecule has 0 bridgehead atoms. The maximum atomic E-state index is 16.7. The third-order valence-corrected chi connectivity index (χ3v) is 15.8. The van der Waals surface area contributed by atoms with Gasteiger partial charge in [0.2, 0.25) is 6.20 Å². The standard InChI is InChI=1S/C49H49F2N14S2/c1-29(33-8-13-54-14-9-33)64-31(3)40(24-58-64)35-17-44(46-37(20-52)22-57-61(46)26-35)66-49-43(51)19-39(23-56-49)62-28-38(21-53)47-45(67-48-42(50)7-6-12-55-48)18-36(27-63(47)62)41-25-59-65(32(41)4)30(2)34-10-15-60(5)16-11-34/h6-7,12,17-19,22-30,33-34,54H,8-11,13-16H2,1-5H3/q+1/t29-,30-/m1/s1. The molecule has 10 rings (SSSR count). The summed E-state index contributed by atoms with van der Waals surface area (Å²) in [5.41, 5.74) is 7.43.